The van der Waals surface area contributed by atoms with Crippen LogP contribution in [0.1, 0.15) is 113 Å². The maximum absolute atomic E-state index is 12.9. The molecule has 0 amide bonds. The minimum absolute atomic E-state index is 0.105. The van der Waals surface area contributed by atoms with Crippen LogP contribution >= 0.6 is 0 Å². The quantitative estimate of drug-likeness (QED) is 0.450. The molecule has 3 heteroatoms. The Morgan fingerprint density at radius 3 is 2.33 bits per heavy atom. The van der Waals surface area contributed by atoms with Gasteiger partial charge < -0.3 is 10.2 Å². The Hall–Kier alpha value is -0.670. The summed E-state index contributed by atoms with van der Waals surface area (Å²) in [6, 6.07) is 0. The van der Waals surface area contributed by atoms with Crippen molar-refractivity contribution >= 4 is 5.78 Å². The van der Waals surface area contributed by atoms with Crippen LogP contribution in [0.2, 0.25) is 0 Å². The number of aliphatic hydroxyl groups is 2. The van der Waals surface area contributed by atoms with Gasteiger partial charge in [0.05, 0.1) is 12.2 Å². The number of fused-ring (bicyclic) bond motifs is 5. The number of rotatable bonds is 5. The Morgan fingerprint density at radius 1 is 1.00 bits per heavy atom. The number of carbonyl (C=O) groups is 1. The van der Waals surface area contributed by atoms with Crippen LogP contribution in [0.15, 0.2) is 11.6 Å². The van der Waals surface area contributed by atoms with E-state index in [2.05, 4.69) is 47.6 Å². The van der Waals surface area contributed by atoms with Crippen LogP contribution in [0.25, 0.3) is 0 Å². The molecule has 2 N–H and O–H groups in total. The first kappa shape index (κ1) is 25.4. The minimum atomic E-state index is -0.655. The molecule has 0 aliphatic heterocycles. The van der Waals surface area contributed by atoms with E-state index in [1.54, 1.807) is 0 Å². The van der Waals surface area contributed by atoms with Gasteiger partial charge in [0.2, 0.25) is 0 Å². The van der Waals surface area contributed by atoms with Gasteiger partial charge in [-0.2, -0.15) is 0 Å². The van der Waals surface area contributed by atoms with E-state index in [-0.39, 0.29) is 28.3 Å². The van der Waals surface area contributed by atoms with Gasteiger partial charge in [-0.1, -0.05) is 46.3 Å². The molecule has 0 radical (unpaired) electrons. The summed E-state index contributed by atoms with van der Waals surface area (Å²) < 4.78 is 0. The van der Waals surface area contributed by atoms with Gasteiger partial charge in [0.1, 0.15) is 5.78 Å². The van der Waals surface area contributed by atoms with Crippen LogP contribution in [0.4, 0.5) is 0 Å². The largest absolute Gasteiger partial charge is 0.392 e. The fraction of sp³-hybridized carbons (Fsp3) is 0.900. The lowest BCUT2D eigenvalue weighted by atomic mass is 9.35. The molecule has 4 rings (SSSR count). The first-order valence-electron chi connectivity index (χ1n) is 13.8. The van der Waals surface area contributed by atoms with E-state index >= 15 is 0 Å². The summed E-state index contributed by atoms with van der Waals surface area (Å²) in [4.78, 5) is 12.9. The van der Waals surface area contributed by atoms with Crippen molar-refractivity contribution < 1.29 is 15.0 Å². The van der Waals surface area contributed by atoms with Crippen molar-refractivity contribution in [2.75, 3.05) is 6.61 Å². The number of hydrogen-bond acceptors (Lipinski definition) is 3. The Bertz CT molecular complexity index is 809. The second-order valence-electron chi connectivity index (χ2n) is 14.1. The Kier molecular flexibility index (Phi) is 6.31. The van der Waals surface area contributed by atoms with Crippen molar-refractivity contribution in [3.05, 3.63) is 11.6 Å². The summed E-state index contributed by atoms with van der Waals surface area (Å²) in [6.45, 7) is 16.3. The molecule has 8 atom stereocenters. The van der Waals surface area contributed by atoms with E-state index in [9.17, 15) is 15.0 Å². The minimum Gasteiger partial charge on any atom is -0.392 e. The van der Waals surface area contributed by atoms with E-state index < -0.39 is 5.60 Å². The topological polar surface area (TPSA) is 57.5 Å². The van der Waals surface area contributed by atoms with Crippen LogP contribution in [0.5, 0.6) is 0 Å². The van der Waals surface area contributed by atoms with Gasteiger partial charge in [-0.05, 0) is 112 Å². The van der Waals surface area contributed by atoms with E-state index in [4.69, 9.17) is 0 Å². The van der Waals surface area contributed by atoms with Crippen molar-refractivity contribution in [2.45, 2.75) is 118 Å². The monoisotopic (exact) mass is 458 g/mol. The van der Waals surface area contributed by atoms with Gasteiger partial charge in [0, 0.05) is 11.8 Å². The van der Waals surface area contributed by atoms with E-state index in [1.165, 1.54) is 32.1 Å². The maximum atomic E-state index is 12.9. The molecule has 8 unspecified atom stereocenters. The van der Waals surface area contributed by atoms with Gasteiger partial charge in [0.15, 0.2) is 0 Å². The third-order valence-corrected chi connectivity index (χ3v) is 12.3. The summed E-state index contributed by atoms with van der Waals surface area (Å²) in [5, 5.41) is 20.9. The van der Waals surface area contributed by atoms with Crippen LogP contribution in [-0.4, -0.2) is 28.2 Å². The second kappa shape index (κ2) is 8.19. The van der Waals surface area contributed by atoms with Gasteiger partial charge in [-0.3, -0.25) is 4.79 Å². The molecule has 0 saturated heterocycles. The summed E-state index contributed by atoms with van der Waals surface area (Å²) in [6.07, 6.45) is 12.8. The number of allylic oxidation sites excluding steroid dienone is 1. The van der Waals surface area contributed by atoms with Gasteiger partial charge >= 0.3 is 0 Å². The highest BCUT2D eigenvalue weighted by atomic mass is 16.3. The molecule has 188 valence electrons. The van der Waals surface area contributed by atoms with E-state index in [0.717, 1.165) is 37.7 Å². The van der Waals surface area contributed by atoms with Gasteiger partial charge in [-0.25, -0.2) is 0 Å². The van der Waals surface area contributed by atoms with Crippen LogP contribution < -0.4 is 0 Å². The molecule has 0 aromatic rings. The van der Waals surface area contributed by atoms with E-state index in [0.29, 0.717) is 29.5 Å². The van der Waals surface area contributed by atoms with E-state index in [1.807, 2.05) is 6.92 Å². The highest BCUT2D eigenvalue weighted by molar-refractivity contribution is 5.85. The third kappa shape index (κ3) is 3.62. The highest BCUT2D eigenvalue weighted by Gasteiger charge is 2.69. The summed E-state index contributed by atoms with van der Waals surface area (Å²) in [7, 11) is 0. The molecular formula is C30H50O3. The SMILES string of the molecule is C/C(=C/CCC(C)(O)C1CCC2(C)C1CCC1C3(C)CCC(=O)C(C)(C)C3CCC12C)CO. The zero-order chi connectivity index (χ0) is 24.4. The van der Waals surface area contributed by atoms with Gasteiger partial charge in [-0.15, -0.1) is 0 Å². The first-order valence-corrected chi connectivity index (χ1v) is 13.8. The summed E-state index contributed by atoms with van der Waals surface area (Å²) in [5.74, 6) is 2.60. The number of ketones is 1. The van der Waals surface area contributed by atoms with Crippen LogP contribution in [0.3, 0.4) is 0 Å². The lowest BCUT2D eigenvalue weighted by molar-refractivity contribution is -0.207. The van der Waals surface area contributed by atoms with Crippen molar-refractivity contribution in [3.8, 4) is 0 Å². The number of carbonyl (C=O) groups excluding carboxylic acids is 1. The zero-order valence-electron chi connectivity index (χ0n) is 22.5. The smallest absolute Gasteiger partial charge is 0.138 e. The average Bonchev–Trinajstić information content (AvgIpc) is 3.10. The number of aliphatic hydroxyl groups excluding tert-OH is 1. The standard InChI is InChI=1S/C30H50O3/c1-20(19-31)9-8-15-30(7,33)22-12-17-28(5)21(22)10-11-24-27(4)16-14-25(32)26(2,3)23(27)13-18-29(24,28)6/h9,21-24,31,33H,8,10-19H2,1-7H3/b20-9-. The Labute approximate surface area is 202 Å². The fourth-order valence-corrected chi connectivity index (χ4v) is 10.1. The summed E-state index contributed by atoms with van der Waals surface area (Å²) >= 11 is 0. The Balaban J connectivity index is 1.59. The maximum Gasteiger partial charge on any atom is 0.138 e. The molecule has 0 bridgehead atoms. The molecule has 4 aliphatic rings. The van der Waals surface area contributed by atoms with Gasteiger partial charge in [0.25, 0.3) is 0 Å². The van der Waals surface area contributed by atoms with Crippen molar-refractivity contribution in [1.82, 2.24) is 0 Å². The predicted octanol–water partition coefficient (Wildman–Crippen LogP) is 6.71. The molecule has 33 heavy (non-hydrogen) atoms. The van der Waals surface area contributed by atoms with Crippen molar-refractivity contribution in [2.24, 2.45) is 45.3 Å². The average molecular weight is 459 g/mol. The molecule has 4 aliphatic carbocycles. The molecule has 0 aromatic carbocycles. The van der Waals surface area contributed by atoms with Crippen molar-refractivity contribution in [1.29, 1.82) is 0 Å². The molecule has 0 aromatic heterocycles. The summed E-state index contributed by atoms with van der Waals surface area (Å²) in [5.41, 5.74) is 0.962. The van der Waals surface area contributed by atoms with Crippen molar-refractivity contribution in [3.63, 3.8) is 0 Å². The lowest BCUT2D eigenvalue weighted by Gasteiger charge is -2.69. The normalized spacial score (nSPS) is 46.8. The number of Topliss-reactive ketones (excluding diaryl/α,β-unsaturated/α-hetero) is 1. The first-order chi connectivity index (χ1) is 15.2. The van der Waals surface area contributed by atoms with Crippen LogP contribution in [-0.2, 0) is 4.79 Å². The third-order valence-electron chi connectivity index (χ3n) is 12.3. The molecular weight excluding hydrogens is 408 g/mol. The molecule has 4 saturated carbocycles. The molecule has 0 spiro atoms. The second-order valence-corrected chi connectivity index (χ2v) is 14.1. The van der Waals surface area contributed by atoms with Crippen LogP contribution in [0, 0.1) is 45.3 Å². The zero-order valence-corrected chi connectivity index (χ0v) is 22.5. The lowest BCUT2D eigenvalue weighted by Crippen LogP contribution is -2.63. The Morgan fingerprint density at radius 2 is 1.67 bits per heavy atom. The predicted molar refractivity (Wildman–Crippen MR) is 135 cm³/mol. The molecule has 0 heterocycles. The molecule has 3 nitrogen and oxygen atoms in total. The molecule has 4 fully saturated rings. The highest BCUT2D eigenvalue weighted by Crippen LogP contribution is 2.75. The number of hydrogen-bond donors (Lipinski definition) is 2. The fourth-order valence-electron chi connectivity index (χ4n) is 10.1.